The van der Waals surface area contributed by atoms with Crippen LogP contribution in [0.1, 0.15) is 22.6 Å². The summed E-state index contributed by atoms with van der Waals surface area (Å²) in [5, 5.41) is 3.14. The van der Waals surface area contributed by atoms with E-state index in [9.17, 15) is 22.8 Å². The van der Waals surface area contributed by atoms with Crippen molar-refractivity contribution in [3.8, 4) is 11.6 Å². The van der Waals surface area contributed by atoms with Crippen LogP contribution in [0.2, 0.25) is 0 Å². The molecule has 0 fully saturated rings. The summed E-state index contributed by atoms with van der Waals surface area (Å²) in [7, 11) is 0. The number of hydrogen-bond donors (Lipinski definition) is 2. The van der Waals surface area contributed by atoms with Crippen molar-refractivity contribution in [3.05, 3.63) is 77.4 Å². The van der Waals surface area contributed by atoms with Crippen LogP contribution in [0.25, 0.3) is 10.9 Å². The molecule has 0 spiro atoms. The molecule has 0 atom stereocenters. The fourth-order valence-electron chi connectivity index (χ4n) is 4.01. The van der Waals surface area contributed by atoms with Crippen LogP contribution in [0, 0.1) is 6.92 Å². The Bertz CT molecular complexity index is 1520. The number of carbonyl (C=O) groups is 2. The van der Waals surface area contributed by atoms with E-state index in [1.54, 1.807) is 31.2 Å². The summed E-state index contributed by atoms with van der Waals surface area (Å²) < 4.78 is 46.2. The van der Waals surface area contributed by atoms with Gasteiger partial charge in [0.05, 0.1) is 35.4 Å². The maximum absolute atomic E-state index is 13.0. The third-order valence-electron chi connectivity index (χ3n) is 5.70. The van der Waals surface area contributed by atoms with Gasteiger partial charge < -0.3 is 20.7 Å². The van der Waals surface area contributed by atoms with Crippen molar-refractivity contribution in [1.29, 1.82) is 0 Å². The highest BCUT2D eigenvalue weighted by atomic mass is 19.4. The van der Waals surface area contributed by atoms with Crippen molar-refractivity contribution >= 4 is 28.7 Å². The highest BCUT2D eigenvalue weighted by Crippen LogP contribution is 2.33. The van der Waals surface area contributed by atoms with E-state index in [-0.39, 0.29) is 18.8 Å². The van der Waals surface area contributed by atoms with Gasteiger partial charge >= 0.3 is 18.2 Å². The molecule has 5 rings (SSSR count). The zero-order valence-electron chi connectivity index (χ0n) is 18.8. The van der Waals surface area contributed by atoms with E-state index in [2.05, 4.69) is 15.3 Å². The first-order valence-electron chi connectivity index (χ1n) is 10.8. The molecule has 9 nitrogen and oxygen atoms in total. The molecule has 1 aliphatic heterocycles. The summed E-state index contributed by atoms with van der Waals surface area (Å²) in [5.74, 6) is 1.23. The molecule has 3 amide bonds. The molecular weight excluding hydrogens is 477 g/mol. The van der Waals surface area contributed by atoms with Crippen LogP contribution in [0.3, 0.4) is 0 Å². The minimum Gasteiger partial charge on any atom is -0.439 e. The van der Waals surface area contributed by atoms with Gasteiger partial charge in [-0.3, -0.25) is 4.57 Å². The zero-order chi connectivity index (χ0) is 25.6. The van der Waals surface area contributed by atoms with Crippen LogP contribution >= 0.6 is 0 Å². The number of nitrogens with zero attached hydrogens (tertiary/aromatic N) is 4. The Morgan fingerprint density at radius 1 is 1.08 bits per heavy atom. The number of aryl methyl sites for hydroxylation is 1. The number of anilines is 1. The van der Waals surface area contributed by atoms with Crippen LogP contribution in [0.5, 0.6) is 11.6 Å². The second kappa shape index (κ2) is 8.56. The second-order valence-corrected chi connectivity index (χ2v) is 8.21. The number of fused-ring (bicyclic) bond motifs is 2. The van der Waals surface area contributed by atoms with Gasteiger partial charge in [-0.25, -0.2) is 14.6 Å². The lowest BCUT2D eigenvalue weighted by atomic mass is 10.2. The molecule has 3 N–H and O–H groups in total. The van der Waals surface area contributed by atoms with Crippen molar-refractivity contribution in [1.82, 2.24) is 19.4 Å². The first-order chi connectivity index (χ1) is 17.1. The number of ether oxygens (including phenoxy) is 1. The summed E-state index contributed by atoms with van der Waals surface area (Å²) >= 11 is 0. The van der Waals surface area contributed by atoms with Crippen molar-refractivity contribution in [2.45, 2.75) is 26.2 Å². The van der Waals surface area contributed by atoms with E-state index in [0.29, 0.717) is 39.6 Å². The Hall–Kier alpha value is -4.61. The fourth-order valence-corrected chi connectivity index (χ4v) is 4.01. The van der Waals surface area contributed by atoms with Crippen molar-refractivity contribution in [3.63, 3.8) is 0 Å². The van der Waals surface area contributed by atoms with Crippen molar-refractivity contribution in [2.75, 3.05) is 5.32 Å². The average Bonchev–Trinajstić information content (AvgIpc) is 3.43. The molecule has 0 saturated carbocycles. The lowest BCUT2D eigenvalue weighted by Gasteiger charge is -2.12. The van der Waals surface area contributed by atoms with Crippen LogP contribution in [0.4, 0.5) is 28.4 Å². The number of benzene rings is 2. The normalized spacial score (nSPS) is 13.1. The minimum absolute atomic E-state index is 0.0228. The predicted octanol–water partition coefficient (Wildman–Crippen LogP) is 5.03. The molecule has 0 radical (unpaired) electrons. The molecule has 2 aromatic carbocycles. The van der Waals surface area contributed by atoms with Gasteiger partial charge in [0.25, 0.3) is 0 Å². The number of primary amides is 1. The molecule has 3 heterocycles. The topological polar surface area (TPSA) is 115 Å². The number of nitrogens with one attached hydrogen (secondary N) is 1. The molecule has 184 valence electrons. The molecule has 0 saturated heterocycles. The van der Waals surface area contributed by atoms with Crippen molar-refractivity contribution < 1.29 is 27.5 Å². The van der Waals surface area contributed by atoms with Gasteiger partial charge in [-0.1, -0.05) is 6.07 Å². The lowest BCUT2D eigenvalue weighted by molar-refractivity contribution is -0.137. The summed E-state index contributed by atoms with van der Waals surface area (Å²) in [6.45, 7) is 2.22. The average molecular weight is 496 g/mol. The molecule has 0 unspecified atom stereocenters. The number of rotatable bonds is 3. The Morgan fingerprint density at radius 2 is 1.89 bits per heavy atom. The Kier molecular flexibility index (Phi) is 5.50. The van der Waals surface area contributed by atoms with Gasteiger partial charge in [0, 0.05) is 17.3 Å². The highest BCUT2D eigenvalue weighted by molar-refractivity contribution is 5.98. The monoisotopic (exact) mass is 496 g/mol. The number of urea groups is 1. The third-order valence-corrected chi connectivity index (χ3v) is 5.70. The number of carbonyl (C=O) groups excluding carboxylic acids is 2. The van der Waals surface area contributed by atoms with E-state index >= 15 is 0 Å². The molecule has 36 heavy (non-hydrogen) atoms. The van der Waals surface area contributed by atoms with Gasteiger partial charge in [-0.15, -0.1) is 0 Å². The molecule has 12 heteroatoms. The van der Waals surface area contributed by atoms with Gasteiger partial charge in [0.1, 0.15) is 11.6 Å². The number of aromatic nitrogens is 3. The predicted molar refractivity (Wildman–Crippen MR) is 123 cm³/mol. The highest BCUT2D eigenvalue weighted by Gasteiger charge is 2.31. The summed E-state index contributed by atoms with van der Waals surface area (Å²) in [5.41, 5.74) is 6.41. The van der Waals surface area contributed by atoms with Gasteiger partial charge in [-0.2, -0.15) is 18.2 Å². The standard InChI is InChI=1S/C24H19F3N6O3/c1-13-29-19-12-32(22(28)34)11-18(19)21(30-13)36-17-5-6-20-14(9-17)7-8-33(20)23(35)31-16-4-2-3-15(10-16)24(25,26)27/h2-10H,11-12H2,1H3,(H2,28,34)(H,31,35). The van der Waals surface area contributed by atoms with E-state index in [4.69, 9.17) is 10.5 Å². The van der Waals surface area contributed by atoms with E-state index in [1.165, 1.54) is 27.8 Å². The van der Waals surface area contributed by atoms with E-state index < -0.39 is 23.8 Å². The maximum Gasteiger partial charge on any atom is 0.416 e. The molecule has 2 aromatic heterocycles. The minimum atomic E-state index is -4.52. The molecule has 1 aliphatic rings. The number of halogens is 3. The number of nitrogens with two attached hydrogens (primary N) is 1. The molecule has 4 aromatic rings. The third kappa shape index (κ3) is 4.40. The van der Waals surface area contributed by atoms with E-state index in [0.717, 1.165) is 12.1 Å². The number of alkyl halides is 3. The molecular formula is C24H19F3N6O3. The second-order valence-electron chi connectivity index (χ2n) is 8.21. The molecule has 0 aliphatic carbocycles. The summed E-state index contributed by atoms with van der Waals surface area (Å²) in [4.78, 5) is 34.5. The van der Waals surface area contributed by atoms with Crippen LogP contribution in [-0.4, -0.2) is 31.5 Å². The largest absolute Gasteiger partial charge is 0.439 e. The lowest BCUT2D eigenvalue weighted by Crippen LogP contribution is -2.30. The SMILES string of the molecule is Cc1nc2c(c(Oc3ccc4c(ccn4C(=O)Nc4cccc(C(F)(F)F)c4)c3)n1)CN(C(N)=O)C2. The van der Waals surface area contributed by atoms with Crippen LogP contribution < -0.4 is 15.8 Å². The number of hydrogen-bond acceptors (Lipinski definition) is 5. The van der Waals surface area contributed by atoms with Crippen LogP contribution in [-0.2, 0) is 19.3 Å². The summed E-state index contributed by atoms with van der Waals surface area (Å²) in [6.07, 6.45) is -3.01. The van der Waals surface area contributed by atoms with Gasteiger partial charge in [0.2, 0.25) is 5.88 Å². The van der Waals surface area contributed by atoms with Crippen LogP contribution in [0.15, 0.2) is 54.7 Å². The zero-order valence-corrected chi connectivity index (χ0v) is 18.8. The quantitative estimate of drug-likeness (QED) is 0.413. The number of amides is 3. The van der Waals surface area contributed by atoms with E-state index in [1.807, 2.05) is 0 Å². The maximum atomic E-state index is 13.0. The fraction of sp³-hybridized carbons (Fsp3) is 0.167. The summed E-state index contributed by atoms with van der Waals surface area (Å²) in [6, 6.07) is 9.90. The van der Waals surface area contributed by atoms with Gasteiger partial charge in [-0.05, 0) is 49.4 Å². The molecule has 0 bridgehead atoms. The van der Waals surface area contributed by atoms with Gasteiger partial charge in [0.15, 0.2) is 0 Å². The van der Waals surface area contributed by atoms with Crippen molar-refractivity contribution in [2.24, 2.45) is 5.73 Å². The Balaban J connectivity index is 1.38. The smallest absolute Gasteiger partial charge is 0.416 e. The first-order valence-corrected chi connectivity index (χ1v) is 10.8. The first kappa shape index (κ1) is 23.1. The Morgan fingerprint density at radius 3 is 2.64 bits per heavy atom. The Labute approximate surface area is 202 Å².